The molecule has 33 heavy (non-hydrogen) atoms. The molecule has 1 aliphatic rings. The highest BCUT2D eigenvalue weighted by Crippen LogP contribution is 2.36. The van der Waals surface area contributed by atoms with Crippen molar-refractivity contribution in [3.8, 4) is 11.5 Å². The largest absolute Gasteiger partial charge is 0.493 e. The summed E-state index contributed by atoms with van der Waals surface area (Å²) < 4.78 is 17.5. The quantitative estimate of drug-likeness (QED) is 0.490. The summed E-state index contributed by atoms with van der Waals surface area (Å²) in [4.78, 5) is 22.8. The van der Waals surface area contributed by atoms with Gasteiger partial charge in [0, 0.05) is 26.2 Å². The van der Waals surface area contributed by atoms with Crippen LogP contribution in [-0.2, 0) is 4.74 Å². The summed E-state index contributed by atoms with van der Waals surface area (Å²) in [6.45, 7) is 8.57. The number of amides is 1. The van der Waals surface area contributed by atoms with Gasteiger partial charge in [0.1, 0.15) is 0 Å². The first-order valence-corrected chi connectivity index (χ1v) is 11.5. The lowest BCUT2D eigenvalue weighted by Crippen LogP contribution is -2.43. The average Bonchev–Trinajstić information content (AvgIpc) is 3.28. The van der Waals surface area contributed by atoms with E-state index in [4.69, 9.17) is 19.2 Å². The minimum absolute atomic E-state index is 0. The Kier molecular flexibility index (Phi) is 8.53. The number of hydrogen-bond acceptors (Lipinski definition) is 7. The number of benzene rings is 2. The van der Waals surface area contributed by atoms with Crippen LogP contribution in [0.3, 0.4) is 0 Å². The van der Waals surface area contributed by atoms with E-state index in [2.05, 4.69) is 30.9 Å². The fourth-order valence-corrected chi connectivity index (χ4v) is 5.05. The first-order valence-electron chi connectivity index (χ1n) is 10.7. The van der Waals surface area contributed by atoms with Crippen molar-refractivity contribution in [2.24, 2.45) is 0 Å². The Morgan fingerprint density at radius 1 is 1.12 bits per heavy atom. The van der Waals surface area contributed by atoms with Gasteiger partial charge < -0.3 is 14.2 Å². The Morgan fingerprint density at radius 3 is 2.52 bits per heavy atom. The molecular formula is C24H30ClN3O4S. The van der Waals surface area contributed by atoms with Crippen molar-refractivity contribution >= 4 is 45.0 Å². The number of thiazole rings is 1. The summed E-state index contributed by atoms with van der Waals surface area (Å²) in [6, 6.07) is 9.55. The highest BCUT2D eigenvalue weighted by Gasteiger charge is 2.27. The van der Waals surface area contributed by atoms with Gasteiger partial charge in [-0.05, 0) is 37.1 Å². The second-order valence-corrected chi connectivity index (χ2v) is 8.80. The minimum atomic E-state index is -0.150. The topological polar surface area (TPSA) is 64.1 Å². The number of fused-ring (bicyclic) bond motifs is 1. The third-order valence-electron chi connectivity index (χ3n) is 5.78. The lowest BCUT2D eigenvalue weighted by molar-refractivity contribution is 0.0391. The van der Waals surface area contributed by atoms with Crippen molar-refractivity contribution in [2.75, 3.05) is 58.5 Å². The molecule has 0 aliphatic carbocycles. The van der Waals surface area contributed by atoms with E-state index in [1.54, 1.807) is 48.7 Å². The molecule has 0 saturated carbocycles. The molecule has 9 heteroatoms. The number of aryl methyl sites for hydroxylation is 2. The second-order valence-electron chi connectivity index (χ2n) is 7.83. The number of methoxy groups -OCH3 is 2. The van der Waals surface area contributed by atoms with Crippen LogP contribution in [0.15, 0.2) is 30.3 Å². The van der Waals surface area contributed by atoms with Gasteiger partial charge in [-0.3, -0.25) is 14.6 Å². The third kappa shape index (κ3) is 5.24. The van der Waals surface area contributed by atoms with Crippen molar-refractivity contribution < 1.29 is 19.0 Å². The van der Waals surface area contributed by atoms with E-state index < -0.39 is 0 Å². The Hall–Kier alpha value is -2.39. The molecule has 1 amide bonds. The van der Waals surface area contributed by atoms with Crippen LogP contribution in [0.1, 0.15) is 21.5 Å². The van der Waals surface area contributed by atoms with Gasteiger partial charge in [-0.1, -0.05) is 29.5 Å². The van der Waals surface area contributed by atoms with Crippen LogP contribution in [0.5, 0.6) is 11.5 Å². The Labute approximate surface area is 204 Å². The molecule has 178 valence electrons. The molecule has 2 heterocycles. The third-order valence-corrected chi connectivity index (χ3v) is 7.00. The fraction of sp³-hybridized carbons (Fsp3) is 0.417. The summed E-state index contributed by atoms with van der Waals surface area (Å²) in [6.07, 6.45) is 0. The van der Waals surface area contributed by atoms with Gasteiger partial charge in [-0.2, -0.15) is 0 Å². The summed E-state index contributed by atoms with van der Waals surface area (Å²) in [7, 11) is 3.12. The van der Waals surface area contributed by atoms with Gasteiger partial charge >= 0.3 is 0 Å². The van der Waals surface area contributed by atoms with E-state index in [0.29, 0.717) is 28.7 Å². The van der Waals surface area contributed by atoms with E-state index in [1.807, 2.05) is 0 Å². The molecular weight excluding hydrogens is 462 g/mol. The second kappa shape index (κ2) is 11.2. The first kappa shape index (κ1) is 25.2. The van der Waals surface area contributed by atoms with Gasteiger partial charge in [0.2, 0.25) is 0 Å². The summed E-state index contributed by atoms with van der Waals surface area (Å²) in [5, 5.41) is 0.695. The van der Waals surface area contributed by atoms with Crippen LogP contribution in [0.25, 0.3) is 10.2 Å². The lowest BCUT2D eigenvalue weighted by Gasteiger charge is -2.29. The van der Waals surface area contributed by atoms with E-state index in [9.17, 15) is 4.79 Å². The predicted octanol–water partition coefficient (Wildman–Crippen LogP) is 4.33. The summed E-state index contributed by atoms with van der Waals surface area (Å²) in [5.41, 5.74) is 3.68. The molecule has 7 nitrogen and oxygen atoms in total. The van der Waals surface area contributed by atoms with E-state index in [-0.39, 0.29) is 18.3 Å². The molecule has 3 aromatic rings. The van der Waals surface area contributed by atoms with Crippen LogP contribution in [0, 0.1) is 13.8 Å². The zero-order chi connectivity index (χ0) is 22.7. The van der Waals surface area contributed by atoms with Gasteiger partial charge in [0.25, 0.3) is 5.91 Å². The Morgan fingerprint density at radius 2 is 1.85 bits per heavy atom. The minimum Gasteiger partial charge on any atom is -0.493 e. The maximum atomic E-state index is 13.8. The maximum Gasteiger partial charge on any atom is 0.264 e. The standard InChI is InChI=1S/C24H29N3O4S.ClH/c1-16-8-9-17(2)22-20(16)25-24(32-22)27(11-10-26-12-14-31-15-13-26)23(28)18-6-5-7-19(29-3)21(18)30-4;/h5-9H,10-15H2,1-4H3;1H. The Bertz CT molecular complexity index is 1080. The zero-order valence-electron chi connectivity index (χ0n) is 19.4. The number of nitrogens with zero attached hydrogens (tertiary/aromatic N) is 3. The molecule has 0 unspecified atom stereocenters. The molecule has 4 rings (SSSR count). The number of halogens is 1. The predicted molar refractivity (Wildman–Crippen MR) is 135 cm³/mol. The van der Waals surface area contributed by atoms with Crippen LogP contribution in [0.4, 0.5) is 5.13 Å². The lowest BCUT2D eigenvalue weighted by atomic mass is 10.1. The molecule has 1 fully saturated rings. The Balaban J connectivity index is 0.00000306. The highest BCUT2D eigenvalue weighted by atomic mass is 35.5. The molecule has 1 saturated heterocycles. The molecule has 0 bridgehead atoms. The van der Waals surface area contributed by atoms with Gasteiger partial charge in [0.05, 0.1) is 43.2 Å². The highest BCUT2D eigenvalue weighted by molar-refractivity contribution is 7.22. The smallest absolute Gasteiger partial charge is 0.264 e. The van der Waals surface area contributed by atoms with Crippen LogP contribution < -0.4 is 14.4 Å². The number of carbonyl (C=O) groups excluding carboxylic acids is 1. The molecule has 1 aromatic heterocycles. The maximum absolute atomic E-state index is 13.8. The molecule has 0 radical (unpaired) electrons. The van der Waals surface area contributed by atoms with Crippen molar-refractivity contribution in [1.29, 1.82) is 0 Å². The number of rotatable bonds is 7. The van der Waals surface area contributed by atoms with Gasteiger partial charge in [-0.25, -0.2) is 4.98 Å². The van der Waals surface area contributed by atoms with Gasteiger partial charge in [0.15, 0.2) is 16.6 Å². The van der Waals surface area contributed by atoms with E-state index >= 15 is 0 Å². The molecule has 0 spiro atoms. The van der Waals surface area contributed by atoms with Crippen LogP contribution in [0.2, 0.25) is 0 Å². The number of aromatic nitrogens is 1. The SMILES string of the molecule is COc1cccc(C(=O)N(CCN2CCOCC2)c2nc3c(C)ccc(C)c3s2)c1OC.Cl. The average molecular weight is 492 g/mol. The summed E-state index contributed by atoms with van der Waals surface area (Å²) >= 11 is 1.56. The number of hydrogen-bond donors (Lipinski definition) is 0. The molecule has 2 aromatic carbocycles. The number of morpholine rings is 1. The zero-order valence-corrected chi connectivity index (χ0v) is 21.1. The fourth-order valence-electron chi connectivity index (χ4n) is 3.91. The molecule has 1 aliphatic heterocycles. The number of carbonyl (C=O) groups is 1. The van der Waals surface area contributed by atoms with E-state index in [1.165, 1.54) is 0 Å². The van der Waals surface area contributed by atoms with Crippen molar-refractivity contribution in [3.05, 3.63) is 47.0 Å². The monoisotopic (exact) mass is 491 g/mol. The van der Waals surface area contributed by atoms with Crippen LogP contribution >= 0.6 is 23.7 Å². The van der Waals surface area contributed by atoms with Crippen LogP contribution in [-0.4, -0.2) is 69.4 Å². The normalized spacial score (nSPS) is 14.1. The van der Waals surface area contributed by atoms with E-state index in [0.717, 1.165) is 54.2 Å². The number of ether oxygens (including phenoxy) is 3. The first-order chi connectivity index (χ1) is 15.5. The molecule has 0 atom stereocenters. The van der Waals surface area contributed by atoms with Crippen molar-refractivity contribution in [2.45, 2.75) is 13.8 Å². The van der Waals surface area contributed by atoms with Crippen molar-refractivity contribution in [3.63, 3.8) is 0 Å². The molecule has 0 N–H and O–H groups in total. The number of para-hydroxylation sites is 1. The number of anilines is 1. The summed E-state index contributed by atoms with van der Waals surface area (Å²) in [5.74, 6) is 0.815. The van der Waals surface area contributed by atoms with Gasteiger partial charge in [-0.15, -0.1) is 12.4 Å². The van der Waals surface area contributed by atoms with Crippen molar-refractivity contribution in [1.82, 2.24) is 9.88 Å².